The minimum atomic E-state index is 0.202. The van der Waals surface area contributed by atoms with E-state index in [9.17, 15) is 4.79 Å². The molecule has 0 atom stereocenters. The number of rotatable bonds is 4. The van der Waals surface area contributed by atoms with Crippen LogP contribution in [-0.4, -0.2) is 42.0 Å². The third kappa shape index (κ3) is 3.47. The van der Waals surface area contributed by atoms with Crippen molar-refractivity contribution in [2.24, 2.45) is 0 Å². The Morgan fingerprint density at radius 3 is 2.55 bits per heavy atom. The van der Waals surface area contributed by atoms with Crippen molar-refractivity contribution in [3.05, 3.63) is 48.2 Å². The number of hydrogen-bond acceptors (Lipinski definition) is 4. The van der Waals surface area contributed by atoms with E-state index in [2.05, 4.69) is 22.0 Å². The van der Waals surface area contributed by atoms with Gasteiger partial charge in [-0.2, -0.15) is 0 Å². The van der Waals surface area contributed by atoms with Crippen LogP contribution in [0.4, 0.5) is 5.69 Å². The lowest BCUT2D eigenvalue weighted by Gasteiger charge is -2.36. The Labute approximate surface area is 130 Å². The summed E-state index contributed by atoms with van der Waals surface area (Å²) in [6, 6.07) is 10.4. The van der Waals surface area contributed by atoms with Crippen LogP contribution in [0.2, 0.25) is 0 Å². The normalized spacial score (nSPS) is 15.1. The van der Waals surface area contributed by atoms with Crippen molar-refractivity contribution in [1.82, 2.24) is 9.88 Å². The number of anilines is 1. The van der Waals surface area contributed by atoms with E-state index >= 15 is 0 Å². The zero-order chi connectivity index (χ0) is 15.4. The van der Waals surface area contributed by atoms with Crippen molar-refractivity contribution in [2.45, 2.75) is 19.8 Å². The standard InChI is InChI=1S/C17H21N3O2/c1-14-18-15(13-22-14)7-8-17(21)20-11-9-19(10-12-20)16-5-3-2-4-6-16/h2-6,13H,7-12H2,1H3. The van der Waals surface area contributed by atoms with Crippen molar-refractivity contribution in [3.8, 4) is 0 Å². The molecule has 3 rings (SSSR count). The summed E-state index contributed by atoms with van der Waals surface area (Å²) in [6.45, 7) is 5.16. The molecule has 0 spiro atoms. The molecular formula is C17H21N3O2. The summed E-state index contributed by atoms with van der Waals surface area (Å²) in [7, 11) is 0. The second kappa shape index (κ2) is 6.64. The van der Waals surface area contributed by atoms with Gasteiger partial charge < -0.3 is 14.2 Å². The van der Waals surface area contributed by atoms with Crippen LogP contribution in [0.5, 0.6) is 0 Å². The predicted molar refractivity (Wildman–Crippen MR) is 84.8 cm³/mol. The highest BCUT2D eigenvalue weighted by molar-refractivity contribution is 5.76. The van der Waals surface area contributed by atoms with Gasteiger partial charge in [0.15, 0.2) is 5.89 Å². The molecule has 22 heavy (non-hydrogen) atoms. The lowest BCUT2D eigenvalue weighted by molar-refractivity contribution is -0.131. The molecule has 1 amide bonds. The Bertz CT molecular complexity index is 616. The average molecular weight is 299 g/mol. The molecule has 0 radical (unpaired) electrons. The van der Waals surface area contributed by atoms with E-state index in [1.807, 2.05) is 30.0 Å². The first kappa shape index (κ1) is 14.6. The molecule has 2 heterocycles. The van der Waals surface area contributed by atoms with Crippen LogP contribution >= 0.6 is 0 Å². The number of aryl methyl sites for hydroxylation is 2. The van der Waals surface area contributed by atoms with Crippen LogP contribution in [0.1, 0.15) is 18.0 Å². The number of carbonyl (C=O) groups is 1. The average Bonchev–Trinajstić information content (AvgIpc) is 2.99. The first-order valence-electron chi connectivity index (χ1n) is 7.71. The molecule has 1 aromatic heterocycles. The highest BCUT2D eigenvalue weighted by Gasteiger charge is 2.21. The van der Waals surface area contributed by atoms with Gasteiger partial charge in [-0.15, -0.1) is 0 Å². The largest absolute Gasteiger partial charge is 0.449 e. The summed E-state index contributed by atoms with van der Waals surface area (Å²) in [6.07, 6.45) is 2.78. The molecule has 1 aliphatic rings. The van der Waals surface area contributed by atoms with Crippen LogP contribution in [-0.2, 0) is 11.2 Å². The lowest BCUT2D eigenvalue weighted by Crippen LogP contribution is -2.48. The molecule has 0 saturated carbocycles. The van der Waals surface area contributed by atoms with Crippen molar-refractivity contribution in [2.75, 3.05) is 31.1 Å². The second-order valence-corrected chi connectivity index (χ2v) is 5.56. The number of carbonyl (C=O) groups excluding carboxylic acids is 1. The second-order valence-electron chi connectivity index (χ2n) is 5.56. The zero-order valence-corrected chi connectivity index (χ0v) is 12.9. The third-order valence-electron chi connectivity index (χ3n) is 4.02. The van der Waals surface area contributed by atoms with Gasteiger partial charge in [0, 0.05) is 51.6 Å². The van der Waals surface area contributed by atoms with Crippen molar-refractivity contribution in [1.29, 1.82) is 0 Å². The maximum Gasteiger partial charge on any atom is 0.223 e. The Hall–Kier alpha value is -2.30. The molecule has 1 saturated heterocycles. The number of aromatic nitrogens is 1. The highest BCUT2D eigenvalue weighted by atomic mass is 16.3. The monoisotopic (exact) mass is 299 g/mol. The number of oxazole rings is 1. The maximum absolute atomic E-state index is 12.3. The molecule has 1 aliphatic heterocycles. The molecule has 0 unspecified atom stereocenters. The van der Waals surface area contributed by atoms with Gasteiger partial charge in [0.05, 0.1) is 5.69 Å². The van der Waals surface area contributed by atoms with Gasteiger partial charge in [0.25, 0.3) is 0 Å². The minimum absolute atomic E-state index is 0.202. The van der Waals surface area contributed by atoms with E-state index in [0.717, 1.165) is 31.9 Å². The first-order chi connectivity index (χ1) is 10.7. The number of benzene rings is 1. The van der Waals surface area contributed by atoms with E-state index < -0.39 is 0 Å². The van der Waals surface area contributed by atoms with Gasteiger partial charge >= 0.3 is 0 Å². The summed E-state index contributed by atoms with van der Waals surface area (Å²) in [5.41, 5.74) is 2.08. The molecule has 0 N–H and O–H groups in total. The van der Waals surface area contributed by atoms with Crippen LogP contribution < -0.4 is 4.90 Å². The van der Waals surface area contributed by atoms with Crippen LogP contribution in [0, 0.1) is 6.92 Å². The minimum Gasteiger partial charge on any atom is -0.449 e. The fraction of sp³-hybridized carbons (Fsp3) is 0.412. The van der Waals surface area contributed by atoms with Gasteiger partial charge in [0.1, 0.15) is 6.26 Å². The summed E-state index contributed by atoms with van der Waals surface area (Å²) < 4.78 is 5.16. The predicted octanol–water partition coefficient (Wildman–Crippen LogP) is 2.26. The number of para-hydroxylation sites is 1. The summed E-state index contributed by atoms with van der Waals surface area (Å²) in [5.74, 6) is 0.854. The van der Waals surface area contributed by atoms with Gasteiger partial charge in [-0.3, -0.25) is 4.79 Å². The smallest absolute Gasteiger partial charge is 0.223 e. The van der Waals surface area contributed by atoms with E-state index in [1.165, 1.54) is 5.69 Å². The fourth-order valence-corrected chi connectivity index (χ4v) is 2.77. The van der Waals surface area contributed by atoms with Gasteiger partial charge in [0.2, 0.25) is 5.91 Å². The molecule has 5 nitrogen and oxygen atoms in total. The number of piperazine rings is 1. The number of amides is 1. The Balaban J connectivity index is 1.47. The topological polar surface area (TPSA) is 49.6 Å². The molecule has 2 aromatic rings. The molecular weight excluding hydrogens is 278 g/mol. The van der Waals surface area contributed by atoms with Gasteiger partial charge in [-0.1, -0.05) is 18.2 Å². The van der Waals surface area contributed by atoms with E-state index in [-0.39, 0.29) is 5.91 Å². The van der Waals surface area contributed by atoms with E-state index in [0.29, 0.717) is 18.7 Å². The van der Waals surface area contributed by atoms with Crippen molar-refractivity contribution in [3.63, 3.8) is 0 Å². The maximum atomic E-state index is 12.3. The molecule has 1 aromatic carbocycles. The summed E-state index contributed by atoms with van der Waals surface area (Å²) in [4.78, 5) is 20.8. The fourth-order valence-electron chi connectivity index (χ4n) is 2.77. The molecule has 0 aliphatic carbocycles. The summed E-state index contributed by atoms with van der Waals surface area (Å²) in [5, 5.41) is 0. The van der Waals surface area contributed by atoms with Crippen molar-refractivity contribution < 1.29 is 9.21 Å². The Kier molecular flexibility index (Phi) is 4.42. The van der Waals surface area contributed by atoms with E-state index in [1.54, 1.807) is 6.26 Å². The molecule has 1 fully saturated rings. The number of hydrogen-bond donors (Lipinski definition) is 0. The highest BCUT2D eigenvalue weighted by Crippen LogP contribution is 2.16. The van der Waals surface area contributed by atoms with Crippen LogP contribution in [0.25, 0.3) is 0 Å². The lowest BCUT2D eigenvalue weighted by atomic mass is 10.2. The quantitative estimate of drug-likeness (QED) is 0.869. The summed E-state index contributed by atoms with van der Waals surface area (Å²) >= 11 is 0. The number of nitrogens with zero attached hydrogens (tertiary/aromatic N) is 3. The molecule has 0 bridgehead atoms. The Morgan fingerprint density at radius 2 is 1.91 bits per heavy atom. The SMILES string of the molecule is Cc1nc(CCC(=O)N2CCN(c3ccccc3)CC2)co1. The van der Waals surface area contributed by atoms with Gasteiger partial charge in [-0.05, 0) is 12.1 Å². The van der Waals surface area contributed by atoms with Crippen LogP contribution in [0.15, 0.2) is 41.0 Å². The first-order valence-corrected chi connectivity index (χ1v) is 7.71. The van der Waals surface area contributed by atoms with Crippen molar-refractivity contribution >= 4 is 11.6 Å². The molecule has 116 valence electrons. The third-order valence-corrected chi connectivity index (χ3v) is 4.02. The molecule has 5 heteroatoms. The van der Waals surface area contributed by atoms with E-state index in [4.69, 9.17) is 4.42 Å². The zero-order valence-electron chi connectivity index (χ0n) is 12.9. The Morgan fingerprint density at radius 1 is 1.18 bits per heavy atom. The van der Waals surface area contributed by atoms with Gasteiger partial charge in [-0.25, -0.2) is 4.98 Å². The van der Waals surface area contributed by atoms with Crippen LogP contribution in [0.3, 0.4) is 0 Å².